The number of carbonyl (C=O) groups excluding carboxylic acids is 1. The zero-order valence-corrected chi connectivity index (χ0v) is 13.8. The van der Waals surface area contributed by atoms with E-state index in [1.54, 1.807) is 24.1 Å². The number of nitrogens with zero attached hydrogens (tertiary/aromatic N) is 1. The van der Waals surface area contributed by atoms with Crippen molar-refractivity contribution in [2.75, 3.05) is 12.9 Å². The van der Waals surface area contributed by atoms with E-state index in [1.807, 2.05) is 26.8 Å². The topological polar surface area (TPSA) is 20.3 Å². The van der Waals surface area contributed by atoms with Gasteiger partial charge in [-0.15, -0.1) is 11.6 Å². The van der Waals surface area contributed by atoms with Gasteiger partial charge in [0.1, 0.15) is 0 Å². The number of alkyl halides is 1. The largest absolute Gasteiger partial charge is 0.338 e. The summed E-state index contributed by atoms with van der Waals surface area (Å²) in [6, 6.07) is 5.15. The fourth-order valence-corrected chi connectivity index (χ4v) is 2.44. The molecule has 0 radical (unpaired) electrons. The van der Waals surface area contributed by atoms with Gasteiger partial charge in [-0.05, 0) is 38.5 Å². The van der Waals surface area contributed by atoms with Crippen LogP contribution in [0.25, 0.3) is 0 Å². The van der Waals surface area contributed by atoms with Crippen LogP contribution in [0, 0.1) is 5.41 Å². The Bertz CT molecular complexity index is 474. The number of amides is 1. The van der Waals surface area contributed by atoms with Crippen LogP contribution >= 0.6 is 34.8 Å². The van der Waals surface area contributed by atoms with Crippen molar-refractivity contribution in [1.29, 1.82) is 0 Å². The Morgan fingerprint density at radius 2 is 1.95 bits per heavy atom. The third kappa shape index (κ3) is 3.77. The van der Waals surface area contributed by atoms with Crippen molar-refractivity contribution in [3.8, 4) is 0 Å². The molecule has 5 heteroatoms. The molecule has 19 heavy (non-hydrogen) atoms. The highest BCUT2D eigenvalue weighted by Gasteiger charge is 2.32. The Kier molecular flexibility index (Phi) is 5.54. The zero-order chi connectivity index (χ0) is 14.8. The Morgan fingerprint density at radius 3 is 2.42 bits per heavy atom. The zero-order valence-electron chi connectivity index (χ0n) is 11.5. The molecule has 0 aromatic heterocycles. The molecule has 106 valence electrons. The molecular formula is C14H18Cl3NO. The van der Waals surface area contributed by atoms with E-state index >= 15 is 0 Å². The van der Waals surface area contributed by atoms with Gasteiger partial charge in [0, 0.05) is 23.0 Å². The summed E-state index contributed by atoms with van der Waals surface area (Å²) in [5.41, 5.74) is 0.274. The van der Waals surface area contributed by atoms with Gasteiger partial charge < -0.3 is 4.90 Å². The maximum atomic E-state index is 12.4. The molecule has 1 unspecified atom stereocenters. The molecule has 0 saturated carbocycles. The maximum absolute atomic E-state index is 12.4. The summed E-state index contributed by atoms with van der Waals surface area (Å²) in [5, 5.41) is 1.14. The Labute approximate surface area is 129 Å². The van der Waals surface area contributed by atoms with Gasteiger partial charge in [-0.3, -0.25) is 4.79 Å². The number of rotatable bonds is 4. The number of benzene rings is 1. The molecule has 1 aromatic rings. The van der Waals surface area contributed by atoms with Gasteiger partial charge >= 0.3 is 0 Å². The van der Waals surface area contributed by atoms with Crippen molar-refractivity contribution < 1.29 is 4.79 Å². The monoisotopic (exact) mass is 321 g/mol. The molecule has 0 bridgehead atoms. The van der Waals surface area contributed by atoms with Crippen molar-refractivity contribution in [2.45, 2.75) is 26.8 Å². The van der Waals surface area contributed by atoms with Gasteiger partial charge in [0.2, 0.25) is 5.91 Å². The smallest absolute Gasteiger partial charge is 0.229 e. The van der Waals surface area contributed by atoms with Crippen LogP contribution in [0.1, 0.15) is 32.4 Å². The van der Waals surface area contributed by atoms with E-state index in [1.165, 1.54) is 0 Å². The maximum Gasteiger partial charge on any atom is 0.229 e. The molecule has 1 amide bonds. The molecule has 2 nitrogen and oxygen atoms in total. The molecule has 0 aliphatic rings. The molecule has 0 fully saturated rings. The average molecular weight is 323 g/mol. The van der Waals surface area contributed by atoms with E-state index in [0.717, 1.165) is 5.56 Å². The first-order valence-electron chi connectivity index (χ1n) is 5.99. The minimum atomic E-state index is -0.594. The minimum absolute atomic E-state index is 0.0129. The Morgan fingerprint density at radius 1 is 1.37 bits per heavy atom. The van der Waals surface area contributed by atoms with Gasteiger partial charge in [-0.2, -0.15) is 0 Å². The standard InChI is InChI=1S/C14H18Cl3NO/c1-9(11-6-5-10(16)7-12(11)17)18(4)13(19)14(2,3)8-15/h5-7,9H,8H2,1-4H3. The molecular weight excluding hydrogens is 305 g/mol. The molecule has 0 saturated heterocycles. The molecule has 0 heterocycles. The van der Waals surface area contributed by atoms with E-state index in [2.05, 4.69) is 0 Å². The van der Waals surface area contributed by atoms with Crippen molar-refractivity contribution in [2.24, 2.45) is 5.41 Å². The van der Waals surface area contributed by atoms with Crippen LogP contribution in [0.5, 0.6) is 0 Å². The fourth-order valence-electron chi connectivity index (χ4n) is 1.76. The van der Waals surface area contributed by atoms with Crippen molar-refractivity contribution >= 4 is 40.7 Å². The normalized spacial score (nSPS) is 13.2. The van der Waals surface area contributed by atoms with Crippen molar-refractivity contribution in [1.82, 2.24) is 4.90 Å². The molecule has 0 aliphatic carbocycles. The summed E-state index contributed by atoms with van der Waals surface area (Å²) in [4.78, 5) is 14.0. The second-order valence-corrected chi connectivity index (χ2v) is 6.39. The third-order valence-corrected chi connectivity index (χ3v) is 4.46. The summed E-state index contributed by atoms with van der Waals surface area (Å²) < 4.78 is 0. The second-order valence-electron chi connectivity index (χ2n) is 5.28. The van der Waals surface area contributed by atoms with Crippen LogP contribution < -0.4 is 0 Å². The molecule has 1 rings (SSSR count). The number of hydrogen-bond acceptors (Lipinski definition) is 1. The number of carbonyl (C=O) groups is 1. The van der Waals surface area contributed by atoms with Crippen LogP contribution in [-0.4, -0.2) is 23.7 Å². The summed E-state index contributed by atoms with van der Waals surface area (Å²) >= 11 is 17.9. The fraction of sp³-hybridized carbons (Fsp3) is 0.500. The lowest BCUT2D eigenvalue weighted by atomic mass is 9.93. The lowest BCUT2D eigenvalue weighted by molar-refractivity contribution is -0.139. The minimum Gasteiger partial charge on any atom is -0.338 e. The van der Waals surface area contributed by atoms with E-state index in [-0.39, 0.29) is 17.8 Å². The summed E-state index contributed by atoms with van der Waals surface area (Å²) in [5.74, 6) is 0.262. The van der Waals surface area contributed by atoms with Gasteiger partial charge in [-0.1, -0.05) is 29.3 Å². The number of hydrogen-bond donors (Lipinski definition) is 0. The van der Waals surface area contributed by atoms with Gasteiger partial charge in [0.05, 0.1) is 11.5 Å². The highest BCUT2D eigenvalue weighted by atomic mass is 35.5. The SMILES string of the molecule is CC(c1ccc(Cl)cc1Cl)N(C)C(=O)C(C)(C)CCl. The van der Waals surface area contributed by atoms with Gasteiger partial charge in [0.15, 0.2) is 0 Å². The van der Waals surface area contributed by atoms with Gasteiger partial charge in [0.25, 0.3) is 0 Å². The number of halogens is 3. The average Bonchev–Trinajstić information content (AvgIpc) is 2.36. The van der Waals surface area contributed by atoms with E-state index in [0.29, 0.717) is 10.0 Å². The summed E-state index contributed by atoms with van der Waals surface area (Å²) in [7, 11) is 1.76. The quantitative estimate of drug-likeness (QED) is 0.731. The van der Waals surface area contributed by atoms with Crippen molar-refractivity contribution in [3.63, 3.8) is 0 Å². The first kappa shape index (κ1) is 16.6. The lowest BCUT2D eigenvalue weighted by Crippen LogP contribution is -2.40. The first-order valence-corrected chi connectivity index (χ1v) is 7.28. The van der Waals surface area contributed by atoms with Crippen LogP contribution in [0.4, 0.5) is 0 Å². The Hall–Kier alpha value is -0.440. The van der Waals surface area contributed by atoms with Crippen LogP contribution in [-0.2, 0) is 4.79 Å². The molecule has 0 N–H and O–H groups in total. The van der Waals surface area contributed by atoms with E-state index < -0.39 is 5.41 Å². The summed E-state index contributed by atoms with van der Waals surface area (Å²) in [6.07, 6.45) is 0. The molecule has 0 aliphatic heterocycles. The molecule has 1 aromatic carbocycles. The van der Waals surface area contributed by atoms with Gasteiger partial charge in [-0.25, -0.2) is 0 Å². The first-order chi connectivity index (χ1) is 8.70. The predicted octanol–water partition coefficient (Wildman–Crippen LogP) is 4.78. The predicted molar refractivity (Wildman–Crippen MR) is 82.1 cm³/mol. The second kappa shape index (κ2) is 6.34. The lowest BCUT2D eigenvalue weighted by Gasteiger charge is -2.32. The highest BCUT2D eigenvalue weighted by Crippen LogP contribution is 2.31. The van der Waals surface area contributed by atoms with Crippen molar-refractivity contribution in [3.05, 3.63) is 33.8 Å². The molecule has 0 spiro atoms. The van der Waals surface area contributed by atoms with Crippen LogP contribution in [0.2, 0.25) is 10.0 Å². The third-order valence-electron chi connectivity index (χ3n) is 3.23. The highest BCUT2D eigenvalue weighted by molar-refractivity contribution is 6.35. The Balaban J connectivity index is 3.00. The van der Waals surface area contributed by atoms with E-state index in [9.17, 15) is 4.79 Å². The van der Waals surface area contributed by atoms with E-state index in [4.69, 9.17) is 34.8 Å². The summed E-state index contributed by atoms with van der Waals surface area (Å²) in [6.45, 7) is 5.58. The molecule has 1 atom stereocenters. The van der Waals surface area contributed by atoms with Crippen LogP contribution in [0.3, 0.4) is 0 Å². The van der Waals surface area contributed by atoms with Crippen LogP contribution in [0.15, 0.2) is 18.2 Å².